The molecule has 0 spiro atoms. The summed E-state index contributed by atoms with van der Waals surface area (Å²) >= 11 is 0.931. The zero-order chi connectivity index (χ0) is 22.1. The molecular formula is C19H18FN5O5S. The first kappa shape index (κ1) is 20.8. The van der Waals surface area contributed by atoms with E-state index in [2.05, 4.69) is 15.2 Å². The molecule has 12 heteroatoms. The van der Waals surface area contributed by atoms with Gasteiger partial charge in [-0.25, -0.2) is 9.18 Å². The SMILES string of the molecule is C[C@@H](Oc1ccc(F)cc1)c1nnc(SCC(=O)c2c(N)n(C3CC3)c(=O)[nH]c2=O)o1. The minimum Gasteiger partial charge on any atom is -0.481 e. The first-order valence-corrected chi connectivity index (χ1v) is 10.4. The van der Waals surface area contributed by atoms with E-state index in [0.717, 1.165) is 24.6 Å². The van der Waals surface area contributed by atoms with E-state index in [1.807, 2.05) is 0 Å². The molecule has 2 aromatic heterocycles. The molecule has 2 heterocycles. The standard InChI is InChI=1S/C19H18FN5O5S/c1-9(29-12-6-2-10(20)3-7-12)17-23-24-19(30-17)31-8-13(26)14-15(21)25(11-4-5-11)18(28)22-16(14)27/h2-3,6-7,9,11H,4-5,8,21H2,1H3,(H,22,27,28)/t9-/m1/s1. The third kappa shape index (κ3) is 4.53. The van der Waals surface area contributed by atoms with Crippen LogP contribution >= 0.6 is 11.8 Å². The fraction of sp³-hybridized carbons (Fsp3) is 0.316. The van der Waals surface area contributed by atoms with Gasteiger partial charge in [0.25, 0.3) is 16.7 Å². The molecule has 10 nitrogen and oxygen atoms in total. The fourth-order valence-electron chi connectivity index (χ4n) is 2.94. The summed E-state index contributed by atoms with van der Waals surface area (Å²) in [5.41, 5.74) is 4.24. The number of benzene rings is 1. The average Bonchev–Trinajstić information content (AvgIpc) is 3.43. The van der Waals surface area contributed by atoms with E-state index in [4.69, 9.17) is 14.9 Å². The van der Waals surface area contributed by atoms with Crippen molar-refractivity contribution >= 4 is 23.4 Å². The number of ether oxygens (including phenoxy) is 1. The topological polar surface area (TPSA) is 146 Å². The molecule has 0 saturated heterocycles. The van der Waals surface area contributed by atoms with Gasteiger partial charge in [0.1, 0.15) is 22.9 Å². The Morgan fingerprint density at radius 1 is 1.35 bits per heavy atom. The molecule has 4 rings (SSSR count). The van der Waals surface area contributed by atoms with Gasteiger partial charge in [0, 0.05) is 6.04 Å². The highest BCUT2D eigenvalue weighted by Gasteiger charge is 2.30. The maximum Gasteiger partial charge on any atom is 0.330 e. The number of aromatic amines is 1. The Morgan fingerprint density at radius 3 is 2.74 bits per heavy atom. The number of carbonyl (C=O) groups excluding carboxylic acids is 1. The molecule has 0 unspecified atom stereocenters. The molecule has 3 aromatic rings. The number of H-pyrrole nitrogens is 1. The fourth-order valence-corrected chi connectivity index (χ4v) is 3.58. The van der Waals surface area contributed by atoms with Gasteiger partial charge in [0.15, 0.2) is 11.9 Å². The molecule has 0 radical (unpaired) electrons. The van der Waals surface area contributed by atoms with Crippen LogP contribution in [0.1, 0.15) is 48.2 Å². The molecule has 1 saturated carbocycles. The summed E-state index contributed by atoms with van der Waals surface area (Å²) in [6.45, 7) is 1.68. The third-order valence-electron chi connectivity index (χ3n) is 4.60. The van der Waals surface area contributed by atoms with Gasteiger partial charge in [-0.3, -0.25) is 19.1 Å². The molecule has 1 aliphatic carbocycles. The second-order valence-corrected chi connectivity index (χ2v) is 7.88. The second kappa shape index (κ2) is 8.38. The zero-order valence-corrected chi connectivity index (χ0v) is 17.1. The zero-order valence-electron chi connectivity index (χ0n) is 16.3. The number of aromatic nitrogens is 4. The Bertz CT molecular complexity index is 1230. The van der Waals surface area contributed by atoms with Crippen LogP contribution in [0.15, 0.2) is 43.5 Å². The van der Waals surface area contributed by atoms with Crippen LogP contribution in [0, 0.1) is 5.82 Å². The van der Waals surface area contributed by atoms with E-state index in [-0.39, 0.29) is 40.1 Å². The number of rotatable bonds is 8. The predicted molar refractivity (Wildman–Crippen MR) is 109 cm³/mol. The lowest BCUT2D eigenvalue weighted by molar-refractivity contribution is 0.102. The summed E-state index contributed by atoms with van der Waals surface area (Å²) in [7, 11) is 0. The lowest BCUT2D eigenvalue weighted by atomic mass is 10.2. The number of thioether (sulfide) groups is 1. The number of nitrogens with two attached hydrogens (primary N) is 1. The van der Waals surface area contributed by atoms with Crippen molar-refractivity contribution in [2.45, 2.75) is 37.1 Å². The highest BCUT2D eigenvalue weighted by atomic mass is 32.2. The molecule has 1 aromatic carbocycles. The van der Waals surface area contributed by atoms with Crippen molar-refractivity contribution in [1.82, 2.24) is 19.7 Å². The third-order valence-corrected chi connectivity index (χ3v) is 5.41. The number of nitrogen functional groups attached to an aromatic ring is 1. The Labute approximate surface area is 178 Å². The van der Waals surface area contributed by atoms with Crippen LogP contribution in [0.25, 0.3) is 0 Å². The first-order chi connectivity index (χ1) is 14.8. The summed E-state index contributed by atoms with van der Waals surface area (Å²) in [6.07, 6.45) is 0.923. The van der Waals surface area contributed by atoms with E-state index in [1.54, 1.807) is 6.92 Å². The van der Waals surface area contributed by atoms with Crippen molar-refractivity contribution in [3.05, 3.63) is 62.4 Å². The number of hydrogen-bond acceptors (Lipinski definition) is 9. The van der Waals surface area contributed by atoms with Gasteiger partial charge in [-0.1, -0.05) is 11.8 Å². The maximum atomic E-state index is 13.0. The van der Waals surface area contributed by atoms with Gasteiger partial charge in [0.05, 0.1) is 5.75 Å². The first-order valence-electron chi connectivity index (χ1n) is 9.39. The summed E-state index contributed by atoms with van der Waals surface area (Å²) in [4.78, 5) is 38.8. The van der Waals surface area contributed by atoms with Gasteiger partial charge in [-0.15, -0.1) is 10.2 Å². The van der Waals surface area contributed by atoms with Crippen molar-refractivity contribution in [2.75, 3.05) is 11.5 Å². The molecule has 0 bridgehead atoms. The van der Waals surface area contributed by atoms with E-state index >= 15 is 0 Å². The van der Waals surface area contributed by atoms with Crippen molar-refractivity contribution in [3.63, 3.8) is 0 Å². The molecule has 31 heavy (non-hydrogen) atoms. The molecule has 1 atom stereocenters. The molecule has 0 aliphatic heterocycles. The van der Waals surface area contributed by atoms with Crippen molar-refractivity contribution in [1.29, 1.82) is 0 Å². The van der Waals surface area contributed by atoms with Crippen molar-refractivity contribution in [2.24, 2.45) is 0 Å². The van der Waals surface area contributed by atoms with Crippen LogP contribution in [0.2, 0.25) is 0 Å². The highest BCUT2D eigenvalue weighted by molar-refractivity contribution is 7.99. The summed E-state index contributed by atoms with van der Waals surface area (Å²) in [5.74, 6) is -0.669. The molecule has 3 N–H and O–H groups in total. The summed E-state index contributed by atoms with van der Waals surface area (Å²) < 4.78 is 25.3. The predicted octanol–water partition coefficient (Wildman–Crippen LogP) is 2.09. The van der Waals surface area contributed by atoms with Crippen LogP contribution in [-0.4, -0.2) is 31.3 Å². The van der Waals surface area contributed by atoms with E-state index in [0.29, 0.717) is 5.75 Å². The summed E-state index contributed by atoms with van der Waals surface area (Å²) in [6, 6.07) is 5.38. The normalized spacial score (nSPS) is 14.4. The molecule has 0 amide bonds. The Kier molecular flexibility index (Phi) is 5.63. The minimum absolute atomic E-state index is 0.0929. The van der Waals surface area contributed by atoms with Crippen LogP contribution in [0.3, 0.4) is 0 Å². The largest absolute Gasteiger partial charge is 0.481 e. The lowest BCUT2D eigenvalue weighted by Crippen LogP contribution is -2.36. The number of Topliss-reactive ketones (excluding diaryl/α,β-unsaturated/α-hetero) is 1. The highest BCUT2D eigenvalue weighted by Crippen LogP contribution is 2.35. The second-order valence-electron chi connectivity index (χ2n) is 6.95. The van der Waals surface area contributed by atoms with Gasteiger partial charge in [-0.05, 0) is 44.0 Å². The monoisotopic (exact) mass is 447 g/mol. The van der Waals surface area contributed by atoms with Crippen LogP contribution < -0.4 is 21.7 Å². The number of hydrogen-bond donors (Lipinski definition) is 2. The van der Waals surface area contributed by atoms with Gasteiger partial charge >= 0.3 is 5.69 Å². The van der Waals surface area contributed by atoms with Gasteiger partial charge in [0.2, 0.25) is 0 Å². The molecule has 1 fully saturated rings. The quantitative estimate of drug-likeness (QED) is 0.391. The number of halogens is 1. The molecule has 1 aliphatic rings. The minimum atomic E-state index is -0.822. The maximum absolute atomic E-state index is 13.0. The van der Waals surface area contributed by atoms with Crippen LogP contribution in [-0.2, 0) is 0 Å². The smallest absolute Gasteiger partial charge is 0.330 e. The van der Waals surface area contributed by atoms with E-state index < -0.39 is 23.1 Å². The van der Waals surface area contributed by atoms with Gasteiger partial charge in [-0.2, -0.15) is 0 Å². The number of ketones is 1. The van der Waals surface area contributed by atoms with Crippen LogP contribution in [0.5, 0.6) is 5.75 Å². The van der Waals surface area contributed by atoms with Gasteiger partial charge < -0.3 is 14.9 Å². The lowest BCUT2D eigenvalue weighted by Gasteiger charge is -2.10. The summed E-state index contributed by atoms with van der Waals surface area (Å²) in [5, 5.41) is 7.84. The average molecular weight is 447 g/mol. The number of carbonyl (C=O) groups is 1. The molecular weight excluding hydrogens is 429 g/mol. The Balaban J connectivity index is 1.42. The molecule has 162 valence electrons. The van der Waals surface area contributed by atoms with E-state index in [1.165, 1.54) is 28.8 Å². The number of nitrogens with one attached hydrogen (secondary N) is 1. The Morgan fingerprint density at radius 2 is 2.06 bits per heavy atom. The van der Waals surface area contributed by atoms with Crippen molar-refractivity contribution in [3.8, 4) is 5.75 Å². The number of anilines is 1. The number of nitrogens with zero attached hydrogens (tertiary/aromatic N) is 3. The van der Waals surface area contributed by atoms with Crippen LogP contribution in [0.4, 0.5) is 10.2 Å². The Hall–Kier alpha value is -3.41. The van der Waals surface area contributed by atoms with Crippen molar-refractivity contribution < 1.29 is 18.3 Å². The van der Waals surface area contributed by atoms with E-state index in [9.17, 15) is 18.8 Å².